The smallest absolute Gasteiger partial charge is 0.431 e. The van der Waals surface area contributed by atoms with Crippen LogP contribution in [0.1, 0.15) is 38.5 Å². The minimum absolute atomic E-state index is 0.281. The third kappa shape index (κ3) is 6.37. The lowest BCUT2D eigenvalue weighted by Crippen LogP contribution is -2.37. The average molecular weight is 288 g/mol. The monoisotopic (exact) mass is 288 g/mol. The van der Waals surface area contributed by atoms with Crippen LogP contribution in [0.2, 0.25) is 0 Å². The Bertz CT molecular complexity index is 354. The molecule has 20 heavy (non-hydrogen) atoms. The summed E-state index contributed by atoms with van der Waals surface area (Å²) in [6.45, 7) is 0.281. The summed E-state index contributed by atoms with van der Waals surface area (Å²) in [4.78, 5) is 37.3. The maximum absolute atomic E-state index is 11.3. The number of aliphatic carboxylic acids is 1. The highest BCUT2D eigenvalue weighted by Crippen LogP contribution is 2.23. The van der Waals surface area contributed by atoms with Crippen LogP contribution >= 0.6 is 0 Å². The summed E-state index contributed by atoms with van der Waals surface area (Å²) in [6.07, 6.45) is 2.59. The Balaban J connectivity index is 2.23. The van der Waals surface area contributed by atoms with Gasteiger partial charge in [-0.05, 0) is 18.8 Å². The van der Waals surface area contributed by atoms with E-state index in [2.05, 4.69) is 4.84 Å². The summed E-state index contributed by atoms with van der Waals surface area (Å²) in [5.41, 5.74) is 6.73. The van der Waals surface area contributed by atoms with Crippen molar-refractivity contribution in [1.82, 2.24) is 5.48 Å². The molecular weight excluding hydrogens is 268 g/mol. The minimum Gasteiger partial charge on any atom is -0.479 e. The van der Waals surface area contributed by atoms with Gasteiger partial charge in [-0.1, -0.05) is 19.3 Å². The van der Waals surface area contributed by atoms with Crippen molar-refractivity contribution in [1.29, 1.82) is 0 Å². The van der Waals surface area contributed by atoms with E-state index in [1.54, 1.807) is 0 Å². The number of hydrogen-bond acceptors (Lipinski definition) is 5. The van der Waals surface area contributed by atoms with Crippen molar-refractivity contribution in [2.75, 3.05) is 6.61 Å². The van der Waals surface area contributed by atoms with Crippen molar-refractivity contribution in [2.45, 2.75) is 44.6 Å². The quantitative estimate of drug-likeness (QED) is 0.587. The Morgan fingerprint density at radius 1 is 1.25 bits per heavy atom. The molecule has 0 unspecified atom stereocenters. The fourth-order valence-corrected chi connectivity index (χ4v) is 2.06. The molecule has 8 nitrogen and oxygen atoms in total. The van der Waals surface area contributed by atoms with Crippen LogP contribution in [0.5, 0.6) is 0 Å². The third-order valence-electron chi connectivity index (χ3n) is 3.12. The number of ether oxygens (including phenoxy) is 1. The predicted octanol–water partition coefficient (Wildman–Crippen LogP) is 0.553. The molecule has 8 heteroatoms. The number of carbonyl (C=O) groups excluding carboxylic acids is 2. The first-order chi connectivity index (χ1) is 9.49. The number of amides is 2. The molecule has 4 N–H and O–H groups in total. The second-order valence-corrected chi connectivity index (χ2v) is 4.82. The maximum Gasteiger partial charge on any atom is 0.431 e. The highest BCUT2D eigenvalue weighted by atomic mass is 16.7. The zero-order chi connectivity index (χ0) is 15.0. The Labute approximate surface area is 116 Å². The first-order valence-electron chi connectivity index (χ1n) is 6.58. The van der Waals surface area contributed by atoms with Crippen molar-refractivity contribution >= 4 is 18.0 Å². The number of carboxylic acids is 1. The van der Waals surface area contributed by atoms with Crippen LogP contribution in [-0.2, 0) is 19.2 Å². The number of nitrogens with two attached hydrogens (primary N) is 1. The zero-order valence-corrected chi connectivity index (χ0v) is 11.2. The predicted molar refractivity (Wildman–Crippen MR) is 67.4 cm³/mol. The largest absolute Gasteiger partial charge is 0.479 e. The van der Waals surface area contributed by atoms with Crippen molar-refractivity contribution in [3.05, 3.63) is 0 Å². The second-order valence-electron chi connectivity index (χ2n) is 4.82. The molecule has 0 aliphatic heterocycles. The number of rotatable bonds is 7. The van der Waals surface area contributed by atoms with Crippen LogP contribution in [0, 0.1) is 5.92 Å². The topological polar surface area (TPSA) is 128 Å². The number of nitrogens with one attached hydrogen (secondary N) is 1. The lowest BCUT2D eigenvalue weighted by Gasteiger charge is -2.21. The van der Waals surface area contributed by atoms with Gasteiger partial charge in [-0.25, -0.2) is 9.59 Å². The fraction of sp³-hybridized carbons (Fsp3) is 0.750. The van der Waals surface area contributed by atoms with E-state index in [1.807, 2.05) is 5.48 Å². The van der Waals surface area contributed by atoms with E-state index in [0.29, 0.717) is 5.92 Å². The maximum atomic E-state index is 11.3. The SMILES string of the molecule is NC(=O)C[C@@H](ONC(=O)OCC1CCCCC1)C(=O)O. The van der Waals surface area contributed by atoms with E-state index in [0.717, 1.165) is 25.7 Å². The van der Waals surface area contributed by atoms with E-state index in [4.69, 9.17) is 15.6 Å². The van der Waals surface area contributed by atoms with Crippen molar-refractivity contribution < 1.29 is 29.1 Å². The first kappa shape index (κ1) is 16.2. The van der Waals surface area contributed by atoms with Gasteiger partial charge >= 0.3 is 12.1 Å². The van der Waals surface area contributed by atoms with Crippen LogP contribution in [0.15, 0.2) is 0 Å². The Kier molecular flexibility index (Phi) is 6.78. The standard InChI is InChI=1S/C12H20N2O6/c13-10(15)6-9(11(16)17)20-14-12(18)19-7-8-4-2-1-3-5-8/h8-9H,1-7H2,(H2,13,15)(H,14,18)(H,16,17)/t9-/m1/s1. The Morgan fingerprint density at radius 3 is 2.45 bits per heavy atom. The summed E-state index contributed by atoms with van der Waals surface area (Å²) in [5.74, 6) is -1.89. The molecule has 0 aromatic rings. The van der Waals surface area contributed by atoms with Crippen molar-refractivity contribution in [3.8, 4) is 0 Å². The highest BCUT2D eigenvalue weighted by Gasteiger charge is 2.23. The van der Waals surface area contributed by atoms with Crippen LogP contribution in [0.3, 0.4) is 0 Å². The van der Waals surface area contributed by atoms with Gasteiger partial charge in [0.25, 0.3) is 0 Å². The molecule has 0 radical (unpaired) electrons. The Morgan fingerprint density at radius 2 is 1.90 bits per heavy atom. The fourth-order valence-electron chi connectivity index (χ4n) is 2.06. The molecule has 1 fully saturated rings. The number of carboxylic acid groups (broad SMARTS) is 1. The van der Waals surface area contributed by atoms with E-state index in [9.17, 15) is 14.4 Å². The lowest BCUT2D eigenvalue weighted by molar-refractivity contribution is -0.157. The van der Waals surface area contributed by atoms with Crippen LogP contribution < -0.4 is 11.2 Å². The number of carbonyl (C=O) groups is 3. The molecule has 0 aromatic heterocycles. The van der Waals surface area contributed by atoms with Crippen LogP contribution in [0.4, 0.5) is 4.79 Å². The van der Waals surface area contributed by atoms with E-state index in [-0.39, 0.29) is 6.61 Å². The molecule has 1 saturated carbocycles. The van der Waals surface area contributed by atoms with Gasteiger partial charge in [0.05, 0.1) is 13.0 Å². The van der Waals surface area contributed by atoms with E-state index in [1.165, 1.54) is 6.42 Å². The van der Waals surface area contributed by atoms with Crippen LogP contribution in [0.25, 0.3) is 0 Å². The highest BCUT2D eigenvalue weighted by molar-refractivity contribution is 5.82. The van der Waals surface area contributed by atoms with Gasteiger partial charge in [0.1, 0.15) is 0 Å². The van der Waals surface area contributed by atoms with Gasteiger partial charge in [0, 0.05) is 0 Å². The summed E-state index contributed by atoms with van der Waals surface area (Å²) >= 11 is 0. The van der Waals surface area contributed by atoms with Gasteiger partial charge in [0.2, 0.25) is 5.91 Å². The molecule has 0 spiro atoms. The molecule has 0 heterocycles. The molecule has 1 rings (SSSR count). The van der Waals surface area contributed by atoms with Crippen molar-refractivity contribution in [3.63, 3.8) is 0 Å². The zero-order valence-electron chi connectivity index (χ0n) is 11.2. The number of primary amides is 1. The lowest BCUT2D eigenvalue weighted by atomic mass is 9.90. The van der Waals surface area contributed by atoms with Gasteiger partial charge < -0.3 is 15.6 Å². The van der Waals surface area contributed by atoms with Gasteiger partial charge in [-0.2, -0.15) is 5.48 Å². The first-order valence-corrected chi connectivity index (χ1v) is 6.58. The molecule has 1 atom stereocenters. The second kappa shape index (κ2) is 8.36. The number of hydroxylamine groups is 1. The number of hydrogen-bond donors (Lipinski definition) is 3. The third-order valence-corrected chi connectivity index (χ3v) is 3.12. The van der Waals surface area contributed by atoms with Crippen LogP contribution in [-0.4, -0.2) is 35.8 Å². The molecule has 114 valence electrons. The summed E-state index contributed by atoms with van der Waals surface area (Å²) in [5, 5.41) is 8.74. The minimum atomic E-state index is -1.52. The van der Waals surface area contributed by atoms with Gasteiger partial charge in [-0.15, -0.1) is 0 Å². The molecular formula is C12H20N2O6. The summed E-state index contributed by atoms with van der Waals surface area (Å²) < 4.78 is 4.93. The van der Waals surface area contributed by atoms with E-state index >= 15 is 0 Å². The molecule has 0 saturated heterocycles. The van der Waals surface area contributed by atoms with Gasteiger partial charge in [-0.3, -0.25) is 9.63 Å². The molecule has 1 aliphatic rings. The summed E-state index contributed by atoms with van der Waals surface area (Å²) in [6, 6.07) is 0. The Hall–Kier alpha value is -1.83. The molecule has 0 bridgehead atoms. The molecule has 1 aliphatic carbocycles. The molecule has 2 amide bonds. The normalized spacial score (nSPS) is 17.2. The van der Waals surface area contributed by atoms with E-state index < -0.39 is 30.5 Å². The average Bonchev–Trinajstić information content (AvgIpc) is 2.41. The van der Waals surface area contributed by atoms with Crippen molar-refractivity contribution in [2.24, 2.45) is 11.7 Å². The summed E-state index contributed by atoms with van der Waals surface area (Å²) in [7, 11) is 0. The molecule has 0 aromatic carbocycles. The van der Waals surface area contributed by atoms with Gasteiger partial charge in [0.15, 0.2) is 6.10 Å².